The van der Waals surface area contributed by atoms with E-state index >= 15 is 0 Å². The first-order chi connectivity index (χ1) is 16.5. The standard InChI is InChI=1S/C25H24F3NO4S2/c1-15(2)34-24(21-12-11-20(35-21)23(32)29-14-13-22(30)31)33-19-9-5-17(6-10-19)16-3-7-18(8-4-16)25(26,27)28/h3-12,15,24H,13-14H2,1-2H3,(H,29,32)(H,30,31). The molecule has 35 heavy (non-hydrogen) atoms. The number of carbonyl (C=O) groups excluding carboxylic acids is 1. The quantitative estimate of drug-likeness (QED) is 0.284. The number of carbonyl (C=O) groups is 2. The smallest absolute Gasteiger partial charge is 0.416 e. The van der Waals surface area contributed by atoms with E-state index in [0.29, 0.717) is 16.2 Å². The van der Waals surface area contributed by atoms with Crippen LogP contribution in [-0.4, -0.2) is 28.8 Å². The van der Waals surface area contributed by atoms with Gasteiger partial charge in [0.05, 0.1) is 21.7 Å². The predicted molar refractivity (Wildman–Crippen MR) is 132 cm³/mol. The third kappa shape index (κ3) is 7.76. The molecule has 0 radical (unpaired) electrons. The Bertz CT molecular complexity index is 1140. The molecule has 0 aliphatic rings. The van der Waals surface area contributed by atoms with Gasteiger partial charge < -0.3 is 15.2 Å². The molecule has 0 fully saturated rings. The summed E-state index contributed by atoms with van der Waals surface area (Å²) in [6.07, 6.45) is -4.53. The Hall–Kier alpha value is -2.98. The summed E-state index contributed by atoms with van der Waals surface area (Å²) in [5.74, 6) is -0.736. The van der Waals surface area contributed by atoms with Crippen molar-refractivity contribution in [2.75, 3.05) is 6.54 Å². The lowest BCUT2D eigenvalue weighted by Gasteiger charge is -2.19. The minimum Gasteiger partial charge on any atom is -0.481 e. The summed E-state index contributed by atoms with van der Waals surface area (Å²) in [5, 5.41) is 11.5. The molecule has 0 bridgehead atoms. The lowest BCUT2D eigenvalue weighted by atomic mass is 10.0. The van der Waals surface area contributed by atoms with Crippen LogP contribution in [0.25, 0.3) is 11.1 Å². The zero-order valence-corrected chi connectivity index (χ0v) is 20.6. The van der Waals surface area contributed by atoms with Gasteiger partial charge in [0, 0.05) is 11.8 Å². The second-order valence-electron chi connectivity index (χ2n) is 7.84. The van der Waals surface area contributed by atoms with Crippen LogP contribution in [0.3, 0.4) is 0 Å². The second-order valence-corrected chi connectivity index (χ2v) is 10.6. The number of alkyl halides is 3. The van der Waals surface area contributed by atoms with Crippen LogP contribution in [0, 0.1) is 0 Å². The molecule has 1 amide bonds. The van der Waals surface area contributed by atoms with E-state index in [0.717, 1.165) is 22.6 Å². The highest BCUT2D eigenvalue weighted by Crippen LogP contribution is 2.38. The number of carboxylic acid groups (broad SMARTS) is 1. The minimum absolute atomic E-state index is 0.0490. The Morgan fingerprint density at radius 3 is 2.14 bits per heavy atom. The van der Waals surface area contributed by atoms with Gasteiger partial charge in [-0.3, -0.25) is 9.59 Å². The Morgan fingerprint density at radius 2 is 1.60 bits per heavy atom. The predicted octanol–water partition coefficient (Wildman–Crippen LogP) is 6.86. The molecule has 0 spiro atoms. The molecule has 0 aliphatic heterocycles. The van der Waals surface area contributed by atoms with Gasteiger partial charge in [0.15, 0.2) is 5.44 Å². The van der Waals surface area contributed by atoms with Crippen LogP contribution in [-0.2, 0) is 11.0 Å². The number of halogens is 3. The summed E-state index contributed by atoms with van der Waals surface area (Å²) < 4.78 is 44.6. The van der Waals surface area contributed by atoms with E-state index < -0.39 is 17.7 Å². The van der Waals surface area contributed by atoms with Crippen LogP contribution in [0.5, 0.6) is 5.75 Å². The summed E-state index contributed by atoms with van der Waals surface area (Å²) >= 11 is 2.85. The summed E-state index contributed by atoms with van der Waals surface area (Å²) in [6, 6.07) is 15.6. The van der Waals surface area contributed by atoms with E-state index in [1.807, 2.05) is 19.9 Å². The number of thiophene rings is 1. The summed E-state index contributed by atoms with van der Waals surface area (Å²) in [4.78, 5) is 24.2. The number of ether oxygens (including phenoxy) is 1. The maximum atomic E-state index is 12.8. The molecule has 2 aromatic carbocycles. The number of rotatable bonds is 10. The lowest BCUT2D eigenvalue weighted by molar-refractivity contribution is -0.138. The highest BCUT2D eigenvalue weighted by Gasteiger charge is 2.30. The summed E-state index contributed by atoms with van der Waals surface area (Å²) in [7, 11) is 0. The fourth-order valence-electron chi connectivity index (χ4n) is 3.07. The molecule has 10 heteroatoms. The highest BCUT2D eigenvalue weighted by molar-refractivity contribution is 8.00. The Morgan fingerprint density at radius 1 is 1.00 bits per heavy atom. The fourth-order valence-corrected chi connectivity index (χ4v) is 5.09. The lowest BCUT2D eigenvalue weighted by Crippen LogP contribution is -2.25. The molecular weight excluding hydrogens is 499 g/mol. The number of aliphatic carboxylic acids is 1. The number of hydrogen-bond acceptors (Lipinski definition) is 5. The number of amides is 1. The molecule has 186 valence electrons. The normalized spacial score (nSPS) is 12.4. The maximum Gasteiger partial charge on any atom is 0.416 e. The van der Waals surface area contributed by atoms with Crippen LogP contribution >= 0.6 is 23.1 Å². The number of hydrogen-bond donors (Lipinski definition) is 2. The van der Waals surface area contributed by atoms with Gasteiger partial charge in [0.2, 0.25) is 0 Å². The SMILES string of the molecule is CC(C)SC(Oc1ccc(-c2ccc(C(F)(F)F)cc2)cc1)c1ccc(C(=O)NCCC(=O)O)s1. The molecular formula is C25H24F3NO4S2. The van der Waals surface area contributed by atoms with Gasteiger partial charge in [0.1, 0.15) is 5.75 Å². The molecule has 2 N–H and O–H groups in total. The first-order valence-corrected chi connectivity index (χ1v) is 12.5. The van der Waals surface area contributed by atoms with Gasteiger partial charge in [-0.15, -0.1) is 23.1 Å². The van der Waals surface area contributed by atoms with E-state index in [-0.39, 0.29) is 29.6 Å². The Balaban J connectivity index is 1.70. The molecule has 0 aliphatic carbocycles. The van der Waals surface area contributed by atoms with Gasteiger partial charge in [-0.05, 0) is 47.5 Å². The zero-order valence-electron chi connectivity index (χ0n) is 19.0. The van der Waals surface area contributed by atoms with Crippen molar-refractivity contribution in [2.24, 2.45) is 0 Å². The molecule has 1 atom stereocenters. The third-order valence-corrected chi connectivity index (χ3v) is 7.16. The van der Waals surface area contributed by atoms with Gasteiger partial charge in [-0.25, -0.2) is 0 Å². The van der Waals surface area contributed by atoms with E-state index in [1.165, 1.54) is 23.5 Å². The minimum atomic E-state index is -4.37. The van der Waals surface area contributed by atoms with Crippen molar-refractivity contribution in [3.63, 3.8) is 0 Å². The van der Waals surface area contributed by atoms with Crippen molar-refractivity contribution in [3.05, 3.63) is 76.0 Å². The molecule has 5 nitrogen and oxygen atoms in total. The monoisotopic (exact) mass is 523 g/mol. The van der Waals surface area contributed by atoms with E-state index in [2.05, 4.69) is 5.32 Å². The van der Waals surface area contributed by atoms with Gasteiger partial charge in [-0.2, -0.15) is 13.2 Å². The van der Waals surface area contributed by atoms with Gasteiger partial charge in [-0.1, -0.05) is 38.1 Å². The van der Waals surface area contributed by atoms with Crippen LogP contribution in [0.2, 0.25) is 0 Å². The number of benzene rings is 2. The molecule has 3 aromatic rings. The molecule has 0 saturated carbocycles. The van der Waals surface area contributed by atoms with Crippen molar-refractivity contribution in [1.82, 2.24) is 5.32 Å². The first-order valence-electron chi connectivity index (χ1n) is 10.7. The first kappa shape index (κ1) is 26.6. The number of carboxylic acids is 1. The summed E-state index contributed by atoms with van der Waals surface area (Å²) in [5.41, 5.74) is 0.350. The van der Waals surface area contributed by atoms with Gasteiger partial charge in [0.25, 0.3) is 5.91 Å². The Labute approximate surface area is 209 Å². The number of nitrogens with one attached hydrogen (secondary N) is 1. The molecule has 3 rings (SSSR count). The topological polar surface area (TPSA) is 75.6 Å². The van der Waals surface area contributed by atoms with Crippen molar-refractivity contribution >= 4 is 35.0 Å². The highest BCUT2D eigenvalue weighted by atomic mass is 32.2. The molecule has 0 saturated heterocycles. The van der Waals surface area contributed by atoms with E-state index in [1.54, 1.807) is 42.1 Å². The van der Waals surface area contributed by atoms with Crippen molar-refractivity contribution in [1.29, 1.82) is 0 Å². The number of thioether (sulfide) groups is 1. The van der Waals surface area contributed by atoms with Crippen molar-refractivity contribution in [2.45, 2.75) is 37.1 Å². The third-order valence-electron chi connectivity index (χ3n) is 4.75. The van der Waals surface area contributed by atoms with Crippen molar-refractivity contribution in [3.8, 4) is 16.9 Å². The Kier molecular flexibility index (Phi) is 8.85. The van der Waals surface area contributed by atoms with Crippen LogP contribution < -0.4 is 10.1 Å². The maximum absolute atomic E-state index is 12.8. The van der Waals surface area contributed by atoms with Crippen LogP contribution in [0.15, 0.2) is 60.7 Å². The zero-order chi connectivity index (χ0) is 25.6. The average molecular weight is 524 g/mol. The fraction of sp³-hybridized carbons (Fsp3) is 0.280. The average Bonchev–Trinajstić information content (AvgIpc) is 3.29. The molecule has 1 heterocycles. The van der Waals surface area contributed by atoms with E-state index in [4.69, 9.17) is 9.84 Å². The molecule has 1 unspecified atom stereocenters. The molecule has 1 aromatic heterocycles. The summed E-state index contributed by atoms with van der Waals surface area (Å²) in [6.45, 7) is 4.11. The van der Waals surface area contributed by atoms with E-state index in [9.17, 15) is 22.8 Å². The van der Waals surface area contributed by atoms with Crippen LogP contribution in [0.4, 0.5) is 13.2 Å². The largest absolute Gasteiger partial charge is 0.481 e. The van der Waals surface area contributed by atoms with Crippen LogP contribution in [0.1, 0.15) is 45.8 Å². The second kappa shape index (κ2) is 11.6. The van der Waals surface area contributed by atoms with Crippen molar-refractivity contribution < 1.29 is 32.6 Å². The van der Waals surface area contributed by atoms with Gasteiger partial charge >= 0.3 is 12.1 Å².